The van der Waals surface area contributed by atoms with Crippen LogP contribution in [-0.4, -0.2) is 15.0 Å². The predicted molar refractivity (Wildman–Crippen MR) is 252 cm³/mol. The molecule has 0 saturated heterocycles. The fourth-order valence-corrected chi connectivity index (χ4v) is 10.9. The van der Waals surface area contributed by atoms with Crippen LogP contribution in [0.15, 0.2) is 176 Å². The van der Waals surface area contributed by atoms with Crippen LogP contribution in [0.5, 0.6) is 0 Å². The van der Waals surface area contributed by atoms with Crippen molar-refractivity contribution in [2.45, 2.75) is 63.7 Å². The van der Waals surface area contributed by atoms with Gasteiger partial charge >= 0.3 is 0 Å². The molecule has 0 amide bonds. The number of hydrogen-bond donors (Lipinski definition) is 0. The quantitative estimate of drug-likeness (QED) is 0.144. The van der Waals surface area contributed by atoms with E-state index in [0.29, 0.717) is 34.9 Å². The Labute approximate surface area is 366 Å². The highest BCUT2D eigenvalue weighted by atomic mass is 15.0. The lowest BCUT2D eigenvalue weighted by molar-refractivity contribution is 0.295. The van der Waals surface area contributed by atoms with Crippen LogP contribution in [0.2, 0.25) is 0 Å². The van der Waals surface area contributed by atoms with Crippen LogP contribution in [0.1, 0.15) is 86.3 Å². The first kappa shape index (κ1) is 39.2. The predicted octanol–water partition coefficient (Wildman–Crippen LogP) is 14.3. The normalized spacial score (nSPS) is 20.4. The summed E-state index contributed by atoms with van der Waals surface area (Å²) in [5.41, 5.74) is 13.9. The summed E-state index contributed by atoms with van der Waals surface area (Å²) >= 11 is 0. The molecule has 2 unspecified atom stereocenters. The molecular formula is C58H50N4. The van der Waals surface area contributed by atoms with Crippen molar-refractivity contribution < 1.29 is 0 Å². The van der Waals surface area contributed by atoms with Gasteiger partial charge in [-0.2, -0.15) is 5.26 Å². The number of fused-ring (bicyclic) bond motifs is 3. The minimum absolute atomic E-state index is 0.183. The summed E-state index contributed by atoms with van der Waals surface area (Å²) < 4.78 is 0. The maximum atomic E-state index is 9.52. The molecule has 7 aromatic carbocycles. The van der Waals surface area contributed by atoms with Gasteiger partial charge in [0.2, 0.25) is 0 Å². The van der Waals surface area contributed by atoms with Gasteiger partial charge < -0.3 is 0 Å². The molecule has 1 heterocycles. The Kier molecular flexibility index (Phi) is 10.2. The number of benzene rings is 7. The van der Waals surface area contributed by atoms with Gasteiger partial charge in [0, 0.05) is 16.7 Å². The van der Waals surface area contributed by atoms with E-state index in [9.17, 15) is 5.26 Å². The number of nitrogens with zero attached hydrogens (tertiary/aromatic N) is 4. The molecule has 62 heavy (non-hydrogen) atoms. The molecule has 8 aromatic rings. The van der Waals surface area contributed by atoms with Crippen molar-refractivity contribution >= 4 is 0 Å². The average molecular weight is 803 g/mol. The monoisotopic (exact) mass is 802 g/mol. The summed E-state index contributed by atoms with van der Waals surface area (Å²) in [4.78, 5) is 15.7. The maximum absolute atomic E-state index is 9.52. The molecule has 4 atom stereocenters. The van der Waals surface area contributed by atoms with E-state index in [1.807, 2.05) is 42.5 Å². The molecule has 302 valence electrons. The zero-order chi connectivity index (χ0) is 42.3. The van der Waals surface area contributed by atoms with Crippen molar-refractivity contribution in [3.8, 4) is 62.5 Å². The van der Waals surface area contributed by atoms with Gasteiger partial charge in [0.25, 0.3) is 0 Å². The molecule has 1 saturated carbocycles. The highest BCUT2D eigenvalue weighted by Crippen LogP contribution is 2.58. The van der Waals surface area contributed by atoms with E-state index in [1.54, 1.807) is 0 Å². The molecule has 0 radical (unpaired) electrons. The van der Waals surface area contributed by atoms with Crippen molar-refractivity contribution in [1.82, 2.24) is 15.0 Å². The summed E-state index contributed by atoms with van der Waals surface area (Å²) in [6.07, 6.45) is 6.26. The van der Waals surface area contributed by atoms with Gasteiger partial charge in [-0.1, -0.05) is 197 Å². The van der Waals surface area contributed by atoms with Crippen LogP contribution in [0.3, 0.4) is 0 Å². The Balaban J connectivity index is 1.16. The van der Waals surface area contributed by atoms with E-state index in [4.69, 9.17) is 15.0 Å². The number of nitriles is 1. The molecule has 1 fully saturated rings. The topological polar surface area (TPSA) is 62.5 Å². The molecular weight excluding hydrogens is 753 g/mol. The molecule has 10 rings (SSSR count). The van der Waals surface area contributed by atoms with Crippen LogP contribution >= 0.6 is 0 Å². The third kappa shape index (κ3) is 6.73. The van der Waals surface area contributed by atoms with Crippen molar-refractivity contribution in [2.75, 3.05) is 0 Å². The first-order chi connectivity index (χ1) is 30.4. The van der Waals surface area contributed by atoms with Gasteiger partial charge in [0.1, 0.15) is 0 Å². The van der Waals surface area contributed by atoms with Gasteiger partial charge in [-0.3, -0.25) is 0 Å². The lowest BCUT2D eigenvalue weighted by Gasteiger charge is -2.37. The van der Waals surface area contributed by atoms with Gasteiger partial charge in [0.05, 0.1) is 17.0 Å². The van der Waals surface area contributed by atoms with E-state index in [0.717, 1.165) is 39.8 Å². The lowest BCUT2D eigenvalue weighted by atomic mass is 9.65. The third-order valence-electron chi connectivity index (χ3n) is 13.9. The second-order valence-electron chi connectivity index (χ2n) is 17.7. The minimum Gasteiger partial charge on any atom is -0.208 e. The maximum Gasteiger partial charge on any atom is 0.164 e. The smallest absolute Gasteiger partial charge is 0.164 e. The Morgan fingerprint density at radius 1 is 0.500 bits per heavy atom. The Morgan fingerprint density at radius 3 is 1.69 bits per heavy atom. The van der Waals surface area contributed by atoms with Crippen molar-refractivity contribution in [3.05, 3.63) is 209 Å². The summed E-state index contributed by atoms with van der Waals surface area (Å²) in [7, 11) is 0. The van der Waals surface area contributed by atoms with Crippen molar-refractivity contribution in [3.63, 3.8) is 0 Å². The first-order valence-electron chi connectivity index (χ1n) is 22.2. The third-order valence-corrected chi connectivity index (χ3v) is 13.9. The van der Waals surface area contributed by atoms with Crippen LogP contribution in [0.25, 0.3) is 56.4 Å². The first-order valence-corrected chi connectivity index (χ1v) is 22.2. The van der Waals surface area contributed by atoms with Gasteiger partial charge in [-0.05, 0) is 98.7 Å². The van der Waals surface area contributed by atoms with E-state index < -0.39 is 5.41 Å². The second-order valence-corrected chi connectivity index (χ2v) is 17.7. The number of hydrogen-bond acceptors (Lipinski definition) is 4. The molecule has 0 N–H and O–H groups in total. The summed E-state index contributed by atoms with van der Waals surface area (Å²) in [5.74, 6) is 3.29. The SMILES string of the molecule is CCC1(c2ccc(C3(c4ccccc4)c4ccccc4-c4c(-c5nc(-c6ccccc6)nc(-c6ccc(-c7cccc(C#N)c7)cc6)n5)cccc43)cc2)C[C@H](C)CC[C@H](C)C1. The zero-order valence-corrected chi connectivity index (χ0v) is 35.7. The van der Waals surface area contributed by atoms with Crippen LogP contribution < -0.4 is 0 Å². The number of aromatic nitrogens is 3. The molecule has 4 nitrogen and oxygen atoms in total. The summed E-state index contributed by atoms with van der Waals surface area (Å²) in [6.45, 7) is 7.31. The Morgan fingerprint density at radius 2 is 1.02 bits per heavy atom. The fraction of sp³-hybridized carbons (Fsp3) is 0.207. The molecule has 0 aliphatic heterocycles. The van der Waals surface area contributed by atoms with Crippen LogP contribution in [0.4, 0.5) is 0 Å². The van der Waals surface area contributed by atoms with Gasteiger partial charge in [-0.25, -0.2) is 15.0 Å². The molecule has 1 aromatic heterocycles. The van der Waals surface area contributed by atoms with Gasteiger partial charge in [-0.15, -0.1) is 0 Å². The Bertz CT molecular complexity index is 2920. The van der Waals surface area contributed by atoms with Gasteiger partial charge in [0.15, 0.2) is 17.5 Å². The molecule has 0 spiro atoms. The van der Waals surface area contributed by atoms with E-state index in [-0.39, 0.29) is 5.41 Å². The van der Waals surface area contributed by atoms with E-state index in [2.05, 4.69) is 160 Å². The van der Waals surface area contributed by atoms with Crippen molar-refractivity contribution in [1.29, 1.82) is 5.26 Å². The van der Waals surface area contributed by atoms with Crippen molar-refractivity contribution in [2.24, 2.45) is 11.8 Å². The zero-order valence-electron chi connectivity index (χ0n) is 35.7. The van der Waals surface area contributed by atoms with Crippen LogP contribution in [-0.2, 0) is 10.8 Å². The van der Waals surface area contributed by atoms with Crippen LogP contribution in [0, 0.1) is 23.2 Å². The lowest BCUT2D eigenvalue weighted by Crippen LogP contribution is -2.30. The van der Waals surface area contributed by atoms with E-state index in [1.165, 1.54) is 59.1 Å². The highest BCUT2D eigenvalue weighted by molar-refractivity contribution is 5.94. The summed E-state index contributed by atoms with van der Waals surface area (Å²) in [5, 5.41) is 9.52. The molecule has 2 aliphatic rings. The fourth-order valence-electron chi connectivity index (χ4n) is 10.9. The average Bonchev–Trinajstić information content (AvgIpc) is 3.55. The largest absolute Gasteiger partial charge is 0.208 e. The molecule has 0 bridgehead atoms. The summed E-state index contributed by atoms with van der Waals surface area (Å²) in [6, 6.07) is 64.9. The second kappa shape index (κ2) is 16.1. The standard InChI is InChI=1S/C58H50N4/c1-4-57(36-39(2)25-26-40(3)37-57)46-31-33-48(34-32-46)58(47-19-9-6-10-20-47)51-23-12-11-21-49(51)53-50(22-14-24-52(53)58)56-61-54(43-16-7-5-8-17-43)60-55(62-56)44-29-27-42(28-30-44)45-18-13-15-41(35-45)38-59/h5-24,27-35,39-40H,4,25-26,36-37H2,1-3H3/t39-,40+,57?,58?. The number of rotatable bonds is 8. The van der Waals surface area contributed by atoms with E-state index >= 15 is 0 Å². The molecule has 2 aliphatic carbocycles. The Hall–Kier alpha value is -6.96. The highest BCUT2D eigenvalue weighted by Gasteiger charge is 2.47. The molecule has 4 heteroatoms. The minimum atomic E-state index is -0.568.